The van der Waals surface area contributed by atoms with Gasteiger partial charge in [0.2, 0.25) is 0 Å². The number of furan rings is 1. The number of benzene rings is 3. The van der Waals surface area contributed by atoms with Gasteiger partial charge in [-0.15, -0.1) is 5.10 Å². The van der Waals surface area contributed by atoms with E-state index >= 15 is 0 Å². The molecule has 42 heavy (non-hydrogen) atoms. The van der Waals surface area contributed by atoms with Crippen molar-refractivity contribution in [3.05, 3.63) is 132 Å². The van der Waals surface area contributed by atoms with E-state index in [9.17, 15) is 0 Å². The zero-order chi connectivity index (χ0) is 28.5. The molecule has 4 heterocycles. The van der Waals surface area contributed by atoms with Crippen molar-refractivity contribution in [1.82, 2.24) is 24.1 Å². The molecule has 0 fully saturated rings. The summed E-state index contributed by atoms with van der Waals surface area (Å²) in [4.78, 5) is 15.5. The largest absolute Gasteiger partial charge is 0.467 e. The van der Waals surface area contributed by atoms with Gasteiger partial charge in [0.1, 0.15) is 17.7 Å². The molecule has 0 saturated carbocycles. The van der Waals surface area contributed by atoms with Crippen molar-refractivity contribution in [1.29, 1.82) is 0 Å². The Hall–Kier alpha value is -5.50. The number of nitrogens with zero attached hydrogens (tertiary/aromatic N) is 6. The second kappa shape index (κ2) is 10.8. The summed E-state index contributed by atoms with van der Waals surface area (Å²) in [6.07, 6.45) is 3.40. The molecule has 0 aliphatic heterocycles. The molecule has 0 amide bonds. The van der Waals surface area contributed by atoms with Gasteiger partial charge in [0.25, 0.3) is 0 Å². The van der Waals surface area contributed by atoms with Gasteiger partial charge in [0, 0.05) is 5.56 Å². The molecule has 0 radical (unpaired) electrons. The molecular formula is C34H28N6O2. The van der Waals surface area contributed by atoms with Crippen LogP contribution >= 0.6 is 0 Å². The summed E-state index contributed by atoms with van der Waals surface area (Å²) in [5.74, 6) is 1.35. The molecule has 3 aromatic carbocycles. The monoisotopic (exact) mass is 552 g/mol. The van der Waals surface area contributed by atoms with E-state index in [-0.39, 0.29) is 6.61 Å². The molecule has 8 nitrogen and oxygen atoms in total. The molecule has 8 heteroatoms. The predicted molar refractivity (Wildman–Crippen MR) is 163 cm³/mol. The third kappa shape index (κ3) is 4.73. The Balaban J connectivity index is 1.37. The second-order valence-electron chi connectivity index (χ2n) is 10.2. The van der Waals surface area contributed by atoms with E-state index in [0.29, 0.717) is 18.0 Å². The standard InChI is InChI=1S/C34H28N6O2/c1-23-15-17-25(18-16-23)24(2)38-42-21-29-36-34-31-30(26-10-5-3-6-11-26)32(27-12-7-4-8-13-27)39(20-28-14-9-19-41-28)33(31)35-22-40(34)37-29/h3-19,22H,20-21H2,1-2H3. The molecule has 0 bridgehead atoms. The van der Waals surface area contributed by atoms with Crippen molar-refractivity contribution in [3.63, 3.8) is 0 Å². The van der Waals surface area contributed by atoms with Crippen LogP contribution in [0.4, 0.5) is 0 Å². The first-order valence-electron chi connectivity index (χ1n) is 13.8. The second-order valence-corrected chi connectivity index (χ2v) is 10.2. The Morgan fingerprint density at radius 1 is 0.857 bits per heavy atom. The number of oxime groups is 1. The van der Waals surface area contributed by atoms with Gasteiger partial charge in [-0.2, -0.15) is 0 Å². The van der Waals surface area contributed by atoms with Crippen LogP contribution in [0.5, 0.6) is 0 Å². The highest BCUT2D eigenvalue weighted by atomic mass is 16.6. The fourth-order valence-corrected chi connectivity index (χ4v) is 5.27. The average Bonchev–Trinajstić information content (AvgIpc) is 3.76. The Morgan fingerprint density at radius 2 is 1.60 bits per heavy atom. The molecule has 4 aromatic heterocycles. The topological polar surface area (TPSA) is 82.7 Å². The van der Waals surface area contributed by atoms with Crippen LogP contribution in [0.1, 0.15) is 29.6 Å². The number of hydrogen-bond acceptors (Lipinski definition) is 6. The molecule has 0 atom stereocenters. The summed E-state index contributed by atoms with van der Waals surface area (Å²) >= 11 is 0. The minimum absolute atomic E-state index is 0.131. The number of aryl methyl sites for hydroxylation is 1. The highest BCUT2D eigenvalue weighted by Crippen LogP contribution is 2.42. The van der Waals surface area contributed by atoms with Crippen molar-refractivity contribution < 1.29 is 9.25 Å². The lowest BCUT2D eigenvalue weighted by molar-refractivity contribution is 0.125. The summed E-state index contributed by atoms with van der Waals surface area (Å²) < 4.78 is 9.69. The maximum atomic E-state index is 5.77. The third-order valence-corrected chi connectivity index (χ3v) is 7.29. The van der Waals surface area contributed by atoms with Crippen LogP contribution in [0, 0.1) is 6.92 Å². The zero-order valence-corrected chi connectivity index (χ0v) is 23.3. The number of fused-ring (bicyclic) bond motifs is 3. The molecule has 0 unspecified atom stereocenters. The first-order valence-corrected chi connectivity index (χ1v) is 13.8. The first-order chi connectivity index (χ1) is 20.7. The molecule has 7 aromatic rings. The minimum Gasteiger partial charge on any atom is -0.467 e. The van der Waals surface area contributed by atoms with Gasteiger partial charge in [-0.1, -0.05) is 95.6 Å². The van der Waals surface area contributed by atoms with Crippen LogP contribution in [0.25, 0.3) is 39.1 Å². The van der Waals surface area contributed by atoms with Crippen LogP contribution in [0.15, 0.2) is 119 Å². The van der Waals surface area contributed by atoms with Gasteiger partial charge in [0.15, 0.2) is 18.1 Å². The van der Waals surface area contributed by atoms with Crippen LogP contribution in [0.2, 0.25) is 0 Å². The zero-order valence-electron chi connectivity index (χ0n) is 23.3. The third-order valence-electron chi connectivity index (χ3n) is 7.29. The van der Waals surface area contributed by atoms with Crippen molar-refractivity contribution in [2.75, 3.05) is 0 Å². The molecule has 0 saturated heterocycles. The summed E-state index contributed by atoms with van der Waals surface area (Å²) in [7, 11) is 0. The van der Waals surface area contributed by atoms with Crippen LogP contribution < -0.4 is 0 Å². The van der Waals surface area contributed by atoms with Crippen LogP contribution in [-0.2, 0) is 18.0 Å². The first kappa shape index (κ1) is 25.5. The van der Waals surface area contributed by atoms with Gasteiger partial charge in [-0.25, -0.2) is 14.5 Å². The Kier molecular flexibility index (Phi) is 6.56. The molecule has 0 aliphatic rings. The van der Waals surface area contributed by atoms with Crippen LogP contribution in [0.3, 0.4) is 0 Å². The highest BCUT2D eigenvalue weighted by Gasteiger charge is 2.25. The maximum Gasteiger partial charge on any atom is 0.192 e. The molecule has 206 valence electrons. The van der Waals surface area contributed by atoms with E-state index in [0.717, 1.165) is 50.5 Å². The average molecular weight is 553 g/mol. The number of aromatic nitrogens is 5. The van der Waals surface area contributed by atoms with Crippen molar-refractivity contribution in [2.24, 2.45) is 5.16 Å². The Morgan fingerprint density at radius 3 is 2.31 bits per heavy atom. The summed E-state index contributed by atoms with van der Waals surface area (Å²) in [6.45, 7) is 4.63. The van der Waals surface area contributed by atoms with Gasteiger partial charge >= 0.3 is 0 Å². The predicted octanol–water partition coefficient (Wildman–Crippen LogP) is 7.30. The molecule has 0 N–H and O–H groups in total. The molecular weight excluding hydrogens is 524 g/mol. The fraction of sp³-hybridized carbons (Fsp3) is 0.118. The smallest absolute Gasteiger partial charge is 0.192 e. The number of rotatable bonds is 8. The normalized spacial score (nSPS) is 11.9. The van der Waals surface area contributed by atoms with Crippen molar-refractivity contribution in [2.45, 2.75) is 27.0 Å². The van der Waals surface area contributed by atoms with Crippen LogP contribution in [-0.4, -0.2) is 29.9 Å². The van der Waals surface area contributed by atoms with E-state index in [1.165, 1.54) is 5.56 Å². The highest BCUT2D eigenvalue weighted by molar-refractivity contribution is 6.09. The van der Waals surface area contributed by atoms with E-state index in [1.807, 2.05) is 67.6 Å². The maximum absolute atomic E-state index is 5.77. The lowest BCUT2D eigenvalue weighted by Crippen LogP contribution is -2.03. The van der Waals surface area contributed by atoms with E-state index < -0.39 is 0 Å². The minimum atomic E-state index is 0.131. The van der Waals surface area contributed by atoms with E-state index in [4.69, 9.17) is 19.2 Å². The Bertz CT molecular complexity index is 2010. The SMILES string of the molecule is CC(=NOCc1nc2c3c(-c4ccccc4)c(-c4ccccc4)n(Cc4ccco4)c3ncn2n1)c1ccc(C)cc1. The van der Waals surface area contributed by atoms with Crippen molar-refractivity contribution in [3.8, 4) is 22.4 Å². The lowest BCUT2D eigenvalue weighted by Gasteiger charge is -2.11. The summed E-state index contributed by atoms with van der Waals surface area (Å²) in [5, 5.41) is 9.91. The quantitative estimate of drug-likeness (QED) is 0.146. The molecule has 7 rings (SSSR count). The van der Waals surface area contributed by atoms with Gasteiger partial charge in [-0.05, 0) is 42.7 Å². The fourth-order valence-electron chi connectivity index (χ4n) is 5.27. The van der Waals surface area contributed by atoms with Gasteiger partial charge < -0.3 is 13.8 Å². The van der Waals surface area contributed by atoms with Crippen molar-refractivity contribution >= 4 is 22.4 Å². The van der Waals surface area contributed by atoms with Gasteiger partial charge in [-0.3, -0.25) is 0 Å². The molecule has 0 aliphatic carbocycles. The lowest BCUT2D eigenvalue weighted by atomic mass is 9.99. The van der Waals surface area contributed by atoms with E-state index in [2.05, 4.69) is 58.1 Å². The van der Waals surface area contributed by atoms with Gasteiger partial charge in [0.05, 0.1) is 29.6 Å². The summed E-state index contributed by atoms with van der Waals surface area (Å²) in [5.41, 5.74) is 8.70. The molecule has 0 spiro atoms. The Labute approximate surface area is 242 Å². The number of hydrogen-bond donors (Lipinski definition) is 0. The summed E-state index contributed by atoms with van der Waals surface area (Å²) in [6, 6.07) is 32.8. The van der Waals surface area contributed by atoms with E-state index in [1.54, 1.807) is 17.1 Å².